The topological polar surface area (TPSA) is 55.1 Å². The van der Waals surface area contributed by atoms with Crippen LogP contribution in [0.15, 0.2) is 18.2 Å². The molecule has 5 heteroatoms. The number of carbonyl (C=O) groups is 1. The lowest BCUT2D eigenvalue weighted by atomic mass is 10.1. The smallest absolute Gasteiger partial charge is 0.227 e. The Bertz CT molecular complexity index is 484. The van der Waals surface area contributed by atoms with Crippen LogP contribution in [0.4, 0.5) is 5.69 Å². The summed E-state index contributed by atoms with van der Waals surface area (Å²) in [4.78, 5) is 12.3. The third-order valence-corrected chi connectivity index (χ3v) is 3.79. The second kappa shape index (κ2) is 5.67. The molecule has 0 heterocycles. The highest BCUT2D eigenvalue weighted by molar-refractivity contribution is 7.80. The highest BCUT2D eigenvalue weighted by Crippen LogP contribution is 2.28. The summed E-state index contributed by atoms with van der Waals surface area (Å²) in [7, 11) is 0. The average Bonchev–Trinajstić information content (AvgIpc) is 2.85. The molecule has 1 amide bonds. The first-order chi connectivity index (χ1) is 8.58. The van der Waals surface area contributed by atoms with E-state index in [2.05, 4.69) is 5.32 Å². The summed E-state index contributed by atoms with van der Waals surface area (Å²) in [6.07, 6.45) is 4.20. The molecule has 3 nitrogen and oxygen atoms in total. The van der Waals surface area contributed by atoms with Gasteiger partial charge in [0.05, 0.1) is 10.7 Å². The minimum atomic E-state index is 0.0532. The molecule has 1 aromatic rings. The number of rotatable bonds is 3. The fourth-order valence-electron chi connectivity index (χ4n) is 2.19. The predicted octanol–water partition coefficient (Wildman–Crippen LogP) is 3.10. The lowest BCUT2D eigenvalue weighted by molar-refractivity contribution is -0.119. The molecule has 0 spiro atoms. The number of amides is 1. The van der Waals surface area contributed by atoms with Gasteiger partial charge in [0.25, 0.3) is 0 Å². The first-order valence-electron chi connectivity index (χ1n) is 5.98. The van der Waals surface area contributed by atoms with Gasteiger partial charge in [-0.05, 0) is 31.0 Å². The van der Waals surface area contributed by atoms with Crippen molar-refractivity contribution >= 4 is 40.4 Å². The minimum Gasteiger partial charge on any atom is -0.389 e. The van der Waals surface area contributed by atoms with Crippen molar-refractivity contribution in [2.24, 2.45) is 11.7 Å². The number of anilines is 1. The molecule has 1 aliphatic carbocycles. The van der Waals surface area contributed by atoms with E-state index in [1.165, 1.54) is 0 Å². The lowest BCUT2D eigenvalue weighted by Crippen LogP contribution is -2.20. The molecule has 0 radical (unpaired) electrons. The van der Waals surface area contributed by atoms with Gasteiger partial charge in [-0.2, -0.15) is 0 Å². The molecule has 1 aromatic carbocycles. The van der Waals surface area contributed by atoms with Crippen LogP contribution in [0.2, 0.25) is 5.02 Å². The Labute approximate surface area is 117 Å². The van der Waals surface area contributed by atoms with Crippen molar-refractivity contribution in [1.29, 1.82) is 0 Å². The number of nitrogens with one attached hydrogen (secondary N) is 1. The van der Waals surface area contributed by atoms with Crippen molar-refractivity contribution < 1.29 is 4.79 Å². The SMILES string of the molecule is NC(=S)c1ccc(NC(=O)C2CCCC2)c(Cl)c1. The van der Waals surface area contributed by atoms with Crippen LogP contribution in [0, 0.1) is 5.92 Å². The van der Waals surface area contributed by atoms with Crippen molar-refractivity contribution in [2.75, 3.05) is 5.32 Å². The highest BCUT2D eigenvalue weighted by Gasteiger charge is 2.23. The molecular formula is C13H15ClN2OS. The summed E-state index contributed by atoms with van der Waals surface area (Å²) in [5.41, 5.74) is 6.84. The maximum Gasteiger partial charge on any atom is 0.227 e. The van der Waals surface area contributed by atoms with E-state index in [9.17, 15) is 4.79 Å². The van der Waals surface area contributed by atoms with E-state index < -0.39 is 0 Å². The molecule has 1 saturated carbocycles. The fraction of sp³-hybridized carbons (Fsp3) is 0.385. The fourth-order valence-corrected chi connectivity index (χ4v) is 2.55. The summed E-state index contributed by atoms with van der Waals surface area (Å²) in [6.45, 7) is 0. The van der Waals surface area contributed by atoms with E-state index in [0.29, 0.717) is 21.3 Å². The molecule has 0 aromatic heterocycles. The molecule has 3 N–H and O–H groups in total. The van der Waals surface area contributed by atoms with Gasteiger partial charge in [0, 0.05) is 11.5 Å². The Morgan fingerprint density at radius 2 is 2.06 bits per heavy atom. The highest BCUT2D eigenvalue weighted by atomic mass is 35.5. The maximum atomic E-state index is 12.0. The quantitative estimate of drug-likeness (QED) is 0.838. The van der Waals surface area contributed by atoms with Crippen LogP contribution < -0.4 is 11.1 Å². The van der Waals surface area contributed by atoms with Crippen molar-refractivity contribution in [3.05, 3.63) is 28.8 Å². The van der Waals surface area contributed by atoms with Crippen LogP contribution in [-0.4, -0.2) is 10.9 Å². The van der Waals surface area contributed by atoms with Gasteiger partial charge in [-0.15, -0.1) is 0 Å². The number of carbonyl (C=O) groups excluding carboxylic acids is 1. The number of thiocarbonyl (C=S) groups is 1. The molecule has 0 saturated heterocycles. The van der Waals surface area contributed by atoms with Gasteiger partial charge >= 0.3 is 0 Å². The van der Waals surface area contributed by atoms with Crippen LogP contribution >= 0.6 is 23.8 Å². The summed E-state index contributed by atoms with van der Waals surface area (Å²) >= 11 is 11.0. The molecule has 2 rings (SSSR count). The number of halogens is 1. The van der Waals surface area contributed by atoms with E-state index in [0.717, 1.165) is 25.7 Å². The standard InChI is InChI=1S/C13H15ClN2OS/c14-10-7-9(12(15)18)5-6-11(10)16-13(17)8-3-1-2-4-8/h5-8H,1-4H2,(H2,15,18)(H,16,17). The van der Waals surface area contributed by atoms with Crippen molar-refractivity contribution in [3.8, 4) is 0 Å². The maximum absolute atomic E-state index is 12.0. The Kier molecular flexibility index (Phi) is 4.19. The molecule has 1 aliphatic rings. The Morgan fingerprint density at radius 3 is 2.61 bits per heavy atom. The summed E-state index contributed by atoms with van der Waals surface area (Å²) in [6, 6.07) is 5.18. The molecule has 96 valence electrons. The third-order valence-electron chi connectivity index (χ3n) is 3.24. The number of hydrogen-bond donors (Lipinski definition) is 2. The van der Waals surface area contributed by atoms with Crippen LogP contribution in [0.25, 0.3) is 0 Å². The minimum absolute atomic E-state index is 0.0532. The first kappa shape index (κ1) is 13.3. The van der Waals surface area contributed by atoms with Gasteiger partial charge in [-0.25, -0.2) is 0 Å². The Hall–Kier alpha value is -1.13. The van der Waals surface area contributed by atoms with Crippen LogP contribution in [0.5, 0.6) is 0 Å². The number of hydrogen-bond acceptors (Lipinski definition) is 2. The zero-order chi connectivity index (χ0) is 13.1. The third kappa shape index (κ3) is 3.00. The van der Waals surface area contributed by atoms with Gasteiger partial charge in [-0.1, -0.05) is 36.7 Å². The Balaban J connectivity index is 2.09. The normalized spacial score (nSPS) is 15.6. The summed E-state index contributed by atoms with van der Waals surface area (Å²) < 4.78 is 0. The van der Waals surface area contributed by atoms with E-state index >= 15 is 0 Å². The predicted molar refractivity (Wildman–Crippen MR) is 77.9 cm³/mol. The molecule has 0 atom stereocenters. The van der Waals surface area contributed by atoms with Gasteiger partial charge < -0.3 is 11.1 Å². The van der Waals surface area contributed by atoms with Crippen molar-refractivity contribution in [3.63, 3.8) is 0 Å². The summed E-state index contributed by atoms with van der Waals surface area (Å²) in [5, 5.41) is 3.33. The van der Waals surface area contributed by atoms with Gasteiger partial charge in [0.15, 0.2) is 0 Å². The lowest BCUT2D eigenvalue weighted by Gasteiger charge is -2.12. The van der Waals surface area contributed by atoms with E-state index in [1.54, 1.807) is 18.2 Å². The monoisotopic (exact) mass is 282 g/mol. The number of nitrogens with two attached hydrogens (primary N) is 1. The second-order valence-corrected chi connectivity index (χ2v) is 5.38. The average molecular weight is 283 g/mol. The van der Waals surface area contributed by atoms with Crippen LogP contribution in [-0.2, 0) is 4.79 Å². The molecule has 0 aliphatic heterocycles. The zero-order valence-electron chi connectivity index (χ0n) is 9.91. The summed E-state index contributed by atoms with van der Waals surface area (Å²) in [5.74, 6) is 0.175. The van der Waals surface area contributed by atoms with Crippen LogP contribution in [0.1, 0.15) is 31.2 Å². The van der Waals surface area contributed by atoms with E-state index in [4.69, 9.17) is 29.6 Å². The van der Waals surface area contributed by atoms with Crippen molar-refractivity contribution in [2.45, 2.75) is 25.7 Å². The first-order valence-corrected chi connectivity index (χ1v) is 6.77. The van der Waals surface area contributed by atoms with E-state index in [-0.39, 0.29) is 11.8 Å². The molecule has 0 bridgehead atoms. The number of benzene rings is 1. The van der Waals surface area contributed by atoms with Crippen molar-refractivity contribution in [1.82, 2.24) is 0 Å². The van der Waals surface area contributed by atoms with Gasteiger partial charge in [0.1, 0.15) is 4.99 Å². The second-order valence-electron chi connectivity index (χ2n) is 4.53. The van der Waals surface area contributed by atoms with Gasteiger partial charge in [0.2, 0.25) is 5.91 Å². The zero-order valence-corrected chi connectivity index (χ0v) is 11.5. The van der Waals surface area contributed by atoms with E-state index in [1.807, 2.05) is 0 Å². The largest absolute Gasteiger partial charge is 0.389 e. The Morgan fingerprint density at radius 1 is 1.39 bits per heavy atom. The van der Waals surface area contributed by atoms with Crippen LogP contribution in [0.3, 0.4) is 0 Å². The molecular weight excluding hydrogens is 268 g/mol. The molecule has 1 fully saturated rings. The molecule has 0 unspecified atom stereocenters. The molecule has 18 heavy (non-hydrogen) atoms. The van der Waals surface area contributed by atoms with Gasteiger partial charge in [-0.3, -0.25) is 4.79 Å².